The van der Waals surface area contributed by atoms with Crippen LogP contribution in [0.15, 0.2) is 59.8 Å². The van der Waals surface area contributed by atoms with Crippen molar-refractivity contribution in [2.24, 2.45) is 0 Å². The Kier molecular flexibility index (Phi) is 5.33. The van der Waals surface area contributed by atoms with E-state index < -0.39 is 15.9 Å². The minimum Gasteiger partial charge on any atom is -0.495 e. The zero-order valence-corrected chi connectivity index (χ0v) is 15.6. The fourth-order valence-corrected chi connectivity index (χ4v) is 3.57. The highest BCUT2D eigenvalue weighted by Gasteiger charge is 2.19. The van der Waals surface area contributed by atoms with E-state index in [1.807, 2.05) is 0 Å². The standard InChI is InChI=1S/C17H15ClN4O4S/c1-26-16-6-5-12(18)8-15(16)22-27(24,25)14-4-2-3-11(7-14)17(23)21-13-9-19-20-10-13/h2-10,22H,1H3,(H,19,20)(H,21,23). The Morgan fingerprint density at radius 1 is 1.22 bits per heavy atom. The molecular formula is C17H15ClN4O4S. The third kappa shape index (κ3) is 4.39. The SMILES string of the molecule is COc1ccc(Cl)cc1NS(=O)(=O)c1cccc(C(=O)Nc2cn[nH]c2)c1. The van der Waals surface area contributed by atoms with Crippen LogP contribution in [0.4, 0.5) is 11.4 Å². The lowest BCUT2D eigenvalue weighted by atomic mass is 10.2. The van der Waals surface area contributed by atoms with Crippen LogP contribution in [0.1, 0.15) is 10.4 Å². The number of nitrogens with one attached hydrogen (secondary N) is 3. The van der Waals surface area contributed by atoms with Gasteiger partial charge in [-0.05, 0) is 36.4 Å². The lowest BCUT2D eigenvalue weighted by molar-refractivity contribution is 0.102. The number of methoxy groups -OCH3 is 1. The number of amides is 1. The van der Waals surface area contributed by atoms with Gasteiger partial charge in [0.2, 0.25) is 0 Å². The van der Waals surface area contributed by atoms with Crippen LogP contribution in [0.25, 0.3) is 0 Å². The van der Waals surface area contributed by atoms with Crippen molar-refractivity contribution in [2.75, 3.05) is 17.1 Å². The number of ether oxygens (including phenoxy) is 1. The van der Waals surface area contributed by atoms with E-state index in [9.17, 15) is 13.2 Å². The lowest BCUT2D eigenvalue weighted by Gasteiger charge is -2.13. The Labute approximate surface area is 160 Å². The molecule has 0 atom stereocenters. The van der Waals surface area contributed by atoms with E-state index in [0.717, 1.165) is 0 Å². The summed E-state index contributed by atoms with van der Waals surface area (Å²) < 4.78 is 33.0. The number of sulfonamides is 1. The maximum atomic E-state index is 12.7. The molecule has 0 aliphatic heterocycles. The predicted molar refractivity (Wildman–Crippen MR) is 102 cm³/mol. The van der Waals surface area contributed by atoms with Gasteiger partial charge in [-0.15, -0.1) is 0 Å². The van der Waals surface area contributed by atoms with Gasteiger partial charge in [0.15, 0.2) is 0 Å². The average Bonchev–Trinajstić information content (AvgIpc) is 3.15. The maximum absolute atomic E-state index is 12.7. The number of benzene rings is 2. The normalized spacial score (nSPS) is 11.0. The van der Waals surface area contributed by atoms with E-state index in [-0.39, 0.29) is 16.1 Å². The molecule has 1 amide bonds. The number of aromatic amines is 1. The Morgan fingerprint density at radius 3 is 2.74 bits per heavy atom. The highest BCUT2D eigenvalue weighted by Crippen LogP contribution is 2.30. The molecule has 0 radical (unpaired) electrons. The van der Waals surface area contributed by atoms with E-state index in [2.05, 4.69) is 20.2 Å². The summed E-state index contributed by atoms with van der Waals surface area (Å²) in [6.07, 6.45) is 2.94. The van der Waals surface area contributed by atoms with Crippen LogP contribution in [0.3, 0.4) is 0 Å². The van der Waals surface area contributed by atoms with Gasteiger partial charge >= 0.3 is 0 Å². The first-order valence-electron chi connectivity index (χ1n) is 7.65. The molecule has 0 spiro atoms. The van der Waals surface area contributed by atoms with Crippen LogP contribution in [0.5, 0.6) is 5.75 Å². The second kappa shape index (κ2) is 7.68. The van der Waals surface area contributed by atoms with Gasteiger partial charge in [-0.3, -0.25) is 14.6 Å². The van der Waals surface area contributed by atoms with Crippen molar-refractivity contribution in [1.29, 1.82) is 0 Å². The van der Waals surface area contributed by atoms with E-state index in [1.54, 1.807) is 12.1 Å². The summed E-state index contributed by atoms with van der Waals surface area (Å²) in [7, 11) is -2.55. The number of anilines is 2. The summed E-state index contributed by atoms with van der Waals surface area (Å²) in [6.45, 7) is 0. The second-order valence-corrected chi connectivity index (χ2v) is 7.54. The zero-order valence-electron chi connectivity index (χ0n) is 14.1. The first-order chi connectivity index (χ1) is 12.9. The molecule has 140 valence electrons. The molecule has 3 rings (SSSR count). The maximum Gasteiger partial charge on any atom is 0.262 e. The Balaban J connectivity index is 1.87. The minimum absolute atomic E-state index is 0.0793. The molecule has 27 heavy (non-hydrogen) atoms. The Hall–Kier alpha value is -3.04. The van der Waals surface area contributed by atoms with Crippen LogP contribution in [0, 0.1) is 0 Å². The van der Waals surface area contributed by atoms with Crippen molar-refractivity contribution >= 4 is 38.9 Å². The van der Waals surface area contributed by atoms with E-state index in [0.29, 0.717) is 16.5 Å². The van der Waals surface area contributed by atoms with Gasteiger partial charge in [-0.2, -0.15) is 5.10 Å². The van der Waals surface area contributed by atoms with Gasteiger partial charge in [0.25, 0.3) is 15.9 Å². The number of nitrogens with zero attached hydrogens (tertiary/aromatic N) is 1. The summed E-state index contributed by atoms with van der Waals surface area (Å²) >= 11 is 5.93. The van der Waals surface area contributed by atoms with Crippen molar-refractivity contribution in [3.8, 4) is 5.75 Å². The molecule has 2 aromatic carbocycles. The summed E-state index contributed by atoms with van der Waals surface area (Å²) in [4.78, 5) is 12.2. The summed E-state index contributed by atoms with van der Waals surface area (Å²) in [6, 6.07) is 10.2. The third-order valence-electron chi connectivity index (χ3n) is 3.57. The number of carbonyl (C=O) groups is 1. The topological polar surface area (TPSA) is 113 Å². The molecule has 3 aromatic rings. The van der Waals surface area contributed by atoms with Crippen molar-refractivity contribution in [3.05, 3.63) is 65.4 Å². The molecule has 0 saturated heterocycles. The quantitative estimate of drug-likeness (QED) is 0.582. The molecule has 0 fully saturated rings. The molecular weight excluding hydrogens is 392 g/mol. The van der Waals surface area contributed by atoms with Gasteiger partial charge in [0.05, 0.1) is 29.6 Å². The fraction of sp³-hybridized carbons (Fsp3) is 0.0588. The van der Waals surface area contributed by atoms with Crippen LogP contribution in [-0.4, -0.2) is 31.6 Å². The Morgan fingerprint density at radius 2 is 2.04 bits per heavy atom. The molecule has 0 saturated carbocycles. The number of carbonyl (C=O) groups excluding carboxylic acids is 1. The molecule has 10 heteroatoms. The highest BCUT2D eigenvalue weighted by atomic mass is 35.5. The number of H-pyrrole nitrogens is 1. The first kappa shape index (κ1) is 18.7. The molecule has 1 aromatic heterocycles. The van der Waals surface area contributed by atoms with Gasteiger partial charge < -0.3 is 10.1 Å². The monoisotopic (exact) mass is 406 g/mol. The van der Waals surface area contributed by atoms with E-state index >= 15 is 0 Å². The van der Waals surface area contributed by atoms with Gasteiger partial charge in [0, 0.05) is 16.8 Å². The van der Waals surface area contributed by atoms with Gasteiger partial charge in [-0.25, -0.2) is 8.42 Å². The number of rotatable bonds is 6. The highest BCUT2D eigenvalue weighted by molar-refractivity contribution is 7.92. The summed E-state index contributed by atoms with van der Waals surface area (Å²) in [5, 5.41) is 9.26. The van der Waals surface area contributed by atoms with Crippen molar-refractivity contribution < 1.29 is 17.9 Å². The number of hydrogen-bond acceptors (Lipinski definition) is 5. The predicted octanol–water partition coefficient (Wildman–Crippen LogP) is 3.12. The van der Waals surface area contributed by atoms with Gasteiger partial charge in [0.1, 0.15) is 5.75 Å². The molecule has 3 N–H and O–H groups in total. The van der Waals surface area contributed by atoms with Crippen molar-refractivity contribution in [2.45, 2.75) is 4.90 Å². The molecule has 0 aliphatic rings. The fourth-order valence-electron chi connectivity index (χ4n) is 2.29. The van der Waals surface area contributed by atoms with E-state index in [1.165, 1.54) is 49.8 Å². The van der Waals surface area contributed by atoms with Crippen molar-refractivity contribution in [3.63, 3.8) is 0 Å². The molecule has 0 bridgehead atoms. The Bertz CT molecular complexity index is 1070. The van der Waals surface area contributed by atoms with Crippen molar-refractivity contribution in [1.82, 2.24) is 10.2 Å². The zero-order chi connectivity index (χ0) is 19.4. The molecule has 0 unspecified atom stereocenters. The molecule has 8 nitrogen and oxygen atoms in total. The largest absolute Gasteiger partial charge is 0.495 e. The van der Waals surface area contributed by atoms with Gasteiger partial charge in [-0.1, -0.05) is 17.7 Å². The number of aromatic nitrogens is 2. The summed E-state index contributed by atoms with van der Waals surface area (Å²) in [5.41, 5.74) is 0.838. The number of hydrogen-bond donors (Lipinski definition) is 3. The minimum atomic E-state index is -3.97. The summed E-state index contributed by atoms with van der Waals surface area (Å²) in [5.74, 6) is -0.148. The third-order valence-corrected chi connectivity index (χ3v) is 5.17. The molecule has 1 heterocycles. The van der Waals surface area contributed by atoms with Crippen LogP contribution < -0.4 is 14.8 Å². The van der Waals surface area contributed by atoms with Crippen LogP contribution in [0.2, 0.25) is 5.02 Å². The van der Waals surface area contributed by atoms with Crippen LogP contribution in [-0.2, 0) is 10.0 Å². The lowest BCUT2D eigenvalue weighted by Crippen LogP contribution is -2.16. The second-order valence-electron chi connectivity index (χ2n) is 5.42. The number of halogens is 1. The average molecular weight is 407 g/mol. The smallest absolute Gasteiger partial charge is 0.262 e. The van der Waals surface area contributed by atoms with E-state index in [4.69, 9.17) is 16.3 Å². The first-order valence-corrected chi connectivity index (χ1v) is 9.52. The van der Waals surface area contributed by atoms with Crippen LogP contribution >= 0.6 is 11.6 Å². The molecule has 0 aliphatic carbocycles.